The summed E-state index contributed by atoms with van der Waals surface area (Å²) in [6.07, 6.45) is 5.55. The number of likely N-dealkylation sites (tertiary alicyclic amines) is 1. The summed E-state index contributed by atoms with van der Waals surface area (Å²) in [7, 11) is 1.62. The quantitative estimate of drug-likeness (QED) is 0.619. The summed E-state index contributed by atoms with van der Waals surface area (Å²) in [6, 6.07) is 17.9. The molecule has 29 heavy (non-hydrogen) atoms. The van der Waals surface area contributed by atoms with Crippen molar-refractivity contribution in [1.29, 1.82) is 0 Å². The van der Waals surface area contributed by atoms with Crippen molar-refractivity contribution >= 4 is 5.91 Å². The van der Waals surface area contributed by atoms with E-state index in [9.17, 15) is 4.79 Å². The summed E-state index contributed by atoms with van der Waals surface area (Å²) < 4.78 is 7.36. The van der Waals surface area contributed by atoms with Crippen LogP contribution in [-0.4, -0.2) is 45.3 Å². The van der Waals surface area contributed by atoms with Crippen LogP contribution in [0.5, 0.6) is 5.75 Å². The molecule has 1 atom stereocenters. The van der Waals surface area contributed by atoms with E-state index in [1.165, 1.54) is 5.56 Å². The van der Waals surface area contributed by atoms with Crippen molar-refractivity contribution in [3.05, 3.63) is 77.9 Å². The van der Waals surface area contributed by atoms with Gasteiger partial charge in [-0.3, -0.25) is 4.79 Å². The molecule has 2 heterocycles. The first-order chi connectivity index (χ1) is 14.2. The van der Waals surface area contributed by atoms with Crippen molar-refractivity contribution in [1.82, 2.24) is 19.7 Å². The first-order valence-corrected chi connectivity index (χ1v) is 10.1. The minimum atomic E-state index is 0.0807. The Balaban J connectivity index is 1.41. The Labute approximate surface area is 171 Å². The number of rotatable bonds is 7. The second kappa shape index (κ2) is 8.90. The Morgan fingerprint density at radius 1 is 1.17 bits per heavy atom. The third kappa shape index (κ3) is 4.47. The van der Waals surface area contributed by atoms with Gasteiger partial charge in [-0.2, -0.15) is 0 Å². The van der Waals surface area contributed by atoms with Crippen LogP contribution >= 0.6 is 0 Å². The number of benzene rings is 2. The molecule has 6 heteroatoms. The highest BCUT2D eigenvalue weighted by molar-refractivity contribution is 5.95. The molecule has 0 N–H and O–H groups in total. The normalized spacial score (nSPS) is 16.2. The number of amides is 1. The van der Waals surface area contributed by atoms with Gasteiger partial charge in [0.2, 0.25) is 0 Å². The van der Waals surface area contributed by atoms with Gasteiger partial charge in [0, 0.05) is 24.6 Å². The van der Waals surface area contributed by atoms with Gasteiger partial charge in [-0.05, 0) is 43.0 Å². The molecule has 1 amide bonds. The Morgan fingerprint density at radius 2 is 2.03 bits per heavy atom. The number of hydrogen-bond donors (Lipinski definition) is 0. The van der Waals surface area contributed by atoms with E-state index < -0.39 is 0 Å². The molecule has 1 aromatic heterocycles. The molecule has 4 rings (SSSR count). The van der Waals surface area contributed by atoms with Crippen LogP contribution in [0.1, 0.15) is 41.0 Å². The number of carbonyl (C=O) groups is 1. The molecule has 1 aliphatic heterocycles. The van der Waals surface area contributed by atoms with Crippen molar-refractivity contribution in [3.8, 4) is 5.75 Å². The van der Waals surface area contributed by atoms with Gasteiger partial charge < -0.3 is 14.2 Å². The van der Waals surface area contributed by atoms with Crippen LogP contribution in [0.2, 0.25) is 0 Å². The van der Waals surface area contributed by atoms with Crippen LogP contribution in [0.25, 0.3) is 0 Å². The van der Waals surface area contributed by atoms with Crippen molar-refractivity contribution < 1.29 is 9.53 Å². The lowest BCUT2D eigenvalue weighted by atomic mass is 10.1. The molecule has 1 unspecified atom stereocenters. The predicted octanol–water partition coefficient (Wildman–Crippen LogP) is 3.57. The van der Waals surface area contributed by atoms with Crippen molar-refractivity contribution in [3.63, 3.8) is 0 Å². The van der Waals surface area contributed by atoms with E-state index in [1.54, 1.807) is 13.4 Å². The lowest BCUT2D eigenvalue weighted by Crippen LogP contribution is -2.36. The maximum atomic E-state index is 13.0. The van der Waals surface area contributed by atoms with E-state index in [4.69, 9.17) is 4.74 Å². The zero-order valence-electron chi connectivity index (χ0n) is 16.7. The first kappa shape index (κ1) is 19.2. The standard InChI is InChI=1S/C23H26N4O2/c1-29-21-11-5-9-19(15-21)23(28)27-14-6-10-20(27)12-13-22-25-24-17-26(22)16-18-7-3-2-4-8-18/h2-5,7-9,11,15,17,20H,6,10,12-14,16H2,1H3. The Hall–Kier alpha value is -3.15. The molecule has 1 saturated heterocycles. The van der Waals surface area contributed by atoms with E-state index in [0.717, 1.165) is 44.6 Å². The molecule has 1 fully saturated rings. The number of ether oxygens (including phenoxy) is 1. The van der Waals surface area contributed by atoms with Gasteiger partial charge in [0.25, 0.3) is 5.91 Å². The van der Waals surface area contributed by atoms with E-state index in [1.807, 2.05) is 47.4 Å². The molecule has 2 aromatic carbocycles. The molecule has 3 aromatic rings. The number of methoxy groups -OCH3 is 1. The summed E-state index contributed by atoms with van der Waals surface area (Å²) in [4.78, 5) is 15.0. The Bertz CT molecular complexity index is 954. The molecule has 0 saturated carbocycles. The summed E-state index contributed by atoms with van der Waals surface area (Å²) in [5, 5.41) is 8.42. The van der Waals surface area contributed by atoms with E-state index >= 15 is 0 Å². The molecule has 0 bridgehead atoms. The molecular formula is C23H26N4O2. The van der Waals surface area contributed by atoms with Gasteiger partial charge in [-0.15, -0.1) is 10.2 Å². The minimum Gasteiger partial charge on any atom is -0.497 e. The number of carbonyl (C=O) groups excluding carboxylic acids is 1. The van der Waals surface area contributed by atoms with E-state index in [-0.39, 0.29) is 11.9 Å². The van der Waals surface area contributed by atoms with Crippen LogP contribution in [0.4, 0.5) is 0 Å². The maximum Gasteiger partial charge on any atom is 0.254 e. The fraction of sp³-hybridized carbons (Fsp3) is 0.348. The fourth-order valence-corrected chi connectivity index (χ4v) is 4.01. The van der Waals surface area contributed by atoms with Gasteiger partial charge in [0.15, 0.2) is 0 Å². The maximum absolute atomic E-state index is 13.0. The molecular weight excluding hydrogens is 364 g/mol. The third-order valence-corrected chi connectivity index (χ3v) is 5.55. The van der Waals surface area contributed by atoms with Gasteiger partial charge in [-0.25, -0.2) is 0 Å². The summed E-state index contributed by atoms with van der Waals surface area (Å²) in [5.74, 6) is 1.76. The number of hydrogen-bond acceptors (Lipinski definition) is 4. The molecule has 0 aliphatic carbocycles. The number of aromatic nitrogens is 3. The zero-order chi connectivity index (χ0) is 20.1. The first-order valence-electron chi connectivity index (χ1n) is 10.1. The lowest BCUT2D eigenvalue weighted by molar-refractivity contribution is 0.0729. The highest BCUT2D eigenvalue weighted by Crippen LogP contribution is 2.25. The molecule has 150 valence electrons. The highest BCUT2D eigenvalue weighted by atomic mass is 16.5. The smallest absolute Gasteiger partial charge is 0.254 e. The molecule has 0 radical (unpaired) electrons. The average Bonchev–Trinajstić information content (AvgIpc) is 3.41. The van der Waals surface area contributed by atoms with E-state index in [2.05, 4.69) is 26.9 Å². The van der Waals surface area contributed by atoms with Gasteiger partial charge >= 0.3 is 0 Å². The van der Waals surface area contributed by atoms with Crippen LogP contribution in [0.15, 0.2) is 60.9 Å². The van der Waals surface area contributed by atoms with Crippen molar-refractivity contribution in [2.75, 3.05) is 13.7 Å². The topological polar surface area (TPSA) is 60.2 Å². The third-order valence-electron chi connectivity index (χ3n) is 5.55. The fourth-order valence-electron chi connectivity index (χ4n) is 4.01. The monoisotopic (exact) mass is 390 g/mol. The number of aryl methyl sites for hydroxylation is 1. The van der Waals surface area contributed by atoms with Gasteiger partial charge in [0.1, 0.15) is 17.9 Å². The Morgan fingerprint density at radius 3 is 2.86 bits per heavy atom. The SMILES string of the molecule is COc1cccc(C(=O)N2CCCC2CCc2nncn2Cc2ccccc2)c1. The van der Waals surface area contributed by atoms with Crippen LogP contribution < -0.4 is 4.74 Å². The van der Waals surface area contributed by atoms with Gasteiger partial charge in [0.05, 0.1) is 13.7 Å². The molecule has 1 aliphatic rings. The largest absolute Gasteiger partial charge is 0.497 e. The van der Waals surface area contributed by atoms with Crippen LogP contribution in [0.3, 0.4) is 0 Å². The van der Waals surface area contributed by atoms with Crippen LogP contribution in [-0.2, 0) is 13.0 Å². The molecule has 0 spiro atoms. The van der Waals surface area contributed by atoms with Gasteiger partial charge in [-0.1, -0.05) is 36.4 Å². The van der Waals surface area contributed by atoms with E-state index in [0.29, 0.717) is 11.3 Å². The zero-order valence-corrected chi connectivity index (χ0v) is 16.7. The molecule has 6 nitrogen and oxygen atoms in total. The minimum absolute atomic E-state index is 0.0807. The second-order valence-corrected chi connectivity index (χ2v) is 7.43. The second-order valence-electron chi connectivity index (χ2n) is 7.43. The summed E-state index contributed by atoms with van der Waals surface area (Å²) in [6.45, 7) is 1.57. The lowest BCUT2D eigenvalue weighted by Gasteiger charge is -2.25. The number of nitrogens with zero attached hydrogens (tertiary/aromatic N) is 4. The predicted molar refractivity (Wildman–Crippen MR) is 111 cm³/mol. The summed E-state index contributed by atoms with van der Waals surface area (Å²) in [5.41, 5.74) is 1.91. The Kier molecular flexibility index (Phi) is 5.89. The van der Waals surface area contributed by atoms with Crippen molar-refractivity contribution in [2.24, 2.45) is 0 Å². The summed E-state index contributed by atoms with van der Waals surface area (Å²) >= 11 is 0. The highest BCUT2D eigenvalue weighted by Gasteiger charge is 2.29. The average molecular weight is 390 g/mol. The van der Waals surface area contributed by atoms with Crippen molar-refractivity contribution in [2.45, 2.75) is 38.3 Å². The van der Waals surface area contributed by atoms with Crippen LogP contribution in [0, 0.1) is 0 Å².